The second-order valence-electron chi connectivity index (χ2n) is 4.29. The van der Waals surface area contributed by atoms with Crippen LogP contribution in [0, 0.1) is 23.4 Å². The standard InChI is InChI=1S/C12H19NO2/c1-4-10-6-5-7-11(15-14-8-13)12(10)9(2)3/h6,9,11-12H,4-5,7H2,1-3H3. The molecule has 2 unspecified atom stereocenters. The van der Waals surface area contributed by atoms with E-state index in [1.807, 2.05) is 0 Å². The van der Waals surface area contributed by atoms with E-state index in [1.165, 1.54) is 5.57 Å². The molecule has 0 aromatic carbocycles. The monoisotopic (exact) mass is 209 g/mol. The molecule has 0 aromatic heterocycles. The van der Waals surface area contributed by atoms with Crippen LogP contribution in [0.2, 0.25) is 0 Å². The lowest BCUT2D eigenvalue weighted by Crippen LogP contribution is -2.31. The fraction of sp³-hybridized carbons (Fsp3) is 0.750. The number of rotatable bonds is 4. The second kappa shape index (κ2) is 5.77. The van der Waals surface area contributed by atoms with Gasteiger partial charge in [0.2, 0.25) is 0 Å². The predicted octanol–water partition coefficient (Wildman–Crippen LogP) is 3.19. The molecule has 0 saturated heterocycles. The lowest BCUT2D eigenvalue weighted by molar-refractivity contribution is -0.287. The minimum atomic E-state index is 0.0320. The minimum absolute atomic E-state index is 0.0320. The molecule has 1 aliphatic rings. The van der Waals surface area contributed by atoms with Gasteiger partial charge in [0, 0.05) is 5.92 Å². The van der Waals surface area contributed by atoms with Crippen LogP contribution in [-0.2, 0) is 9.78 Å². The van der Waals surface area contributed by atoms with Crippen LogP contribution in [0.25, 0.3) is 0 Å². The third-order valence-corrected chi connectivity index (χ3v) is 3.02. The molecule has 0 fully saturated rings. The fourth-order valence-corrected chi connectivity index (χ4v) is 2.42. The van der Waals surface area contributed by atoms with Crippen LogP contribution in [0.4, 0.5) is 0 Å². The summed E-state index contributed by atoms with van der Waals surface area (Å²) in [7, 11) is 0. The Morgan fingerprint density at radius 1 is 1.60 bits per heavy atom. The third-order valence-electron chi connectivity index (χ3n) is 3.02. The molecule has 0 bridgehead atoms. The van der Waals surface area contributed by atoms with Crippen molar-refractivity contribution in [3.05, 3.63) is 11.6 Å². The molecule has 1 rings (SSSR count). The highest BCUT2D eigenvalue weighted by atomic mass is 17.2. The maximum Gasteiger partial charge on any atom is 0.324 e. The van der Waals surface area contributed by atoms with E-state index < -0.39 is 0 Å². The number of nitrogens with zero attached hydrogens (tertiary/aromatic N) is 1. The predicted molar refractivity (Wildman–Crippen MR) is 57.5 cm³/mol. The zero-order valence-electron chi connectivity index (χ0n) is 9.69. The van der Waals surface area contributed by atoms with E-state index in [1.54, 1.807) is 6.26 Å². The van der Waals surface area contributed by atoms with E-state index in [0.29, 0.717) is 11.8 Å². The summed E-state index contributed by atoms with van der Waals surface area (Å²) in [5, 5.41) is 8.33. The molecule has 1 aliphatic carbocycles. The summed E-state index contributed by atoms with van der Waals surface area (Å²) in [4.78, 5) is 9.56. The number of hydrogen-bond donors (Lipinski definition) is 0. The van der Waals surface area contributed by atoms with Crippen LogP contribution in [0.15, 0.2) is 11.6 Å². The quantitative estimate of drug-likeness (QED) is 0.309. The number of hydrogen-bond acceptors (Lipinski definition) is 3. The SMILES string of the molecule is CCC1=CCCC(OOC#N)C1C(C)C. The van der Waals surface area contributed by atoms with Gasteiger partial charge in [-0.3, -0.25) is 4.89 Å². The van der Waals surface area contributed by atoms with Crippen LogP contribution in [0.5, 0.6) is 0 Å². The van der Waals surface area contributed by atoms with E-state index in [4.69, 9.17) is 10.1 Å². The van der Waals surface area contributed by atoms with Gasteiger partial charge >= 0.3 is 6.26 Å². The Labute approximate surface area is 91.6 Å². The number of nitriles is 1. The summed E-state index contributed by atoms with van der Waals surface area (Å²) in [5.74, 6) is 0.904. The molecule has 0 radical (unpaired) electrons. The molecule has 0 aromatic rings. The minimum Gasteiger partial charge on any atom is -0.254 e. The van der Waals surface area contributed by atoms with Gasteiger partial charge < -0.3 is 0 Å². The molecule has 84 valence electrons. The zero-order valence-corrected chi connectivity index (χ0v) is 9.69. The summed E-state index contributed by atoms with van der Waals surface area (Å²) in [6.07, 6.45) is 6.91. The van der Waals surface area contributed by atoms with Gasteiger partial charge in [0.1, 0.15) is 6.10 Å². The van der Waals surface area contributed by atoms with Crippen molar-refractivity contribution >= 4 is 0 Å². The molecule has 0 aliphatic heterocycles. The Hall–Kier alpha value is -1.01. The summed E-state index contributed by atoms with van der Waals surface area (Å²) in [6.45, 7) is 6.53. The van der Waals surface area contributed by atoms with Crippen LogP contribution in [0.3, 0.4) is 0 Å². The van der Waals surface area contributed by atoms with E-state index >= 15 is 0 Å². The molecular formula is C12H19NO2. The molecule has 0 amide bonds. The van der Waals surface area contributed by atoms with Crippen molar-refractivity contribution in [2.24, 2.45) is 11.8 Å². The average Bonchev–Trinajstić information content (AvgIpc) is 2.25. The Morgan fingerprint density at radius 3 is 2.87 bits per heavy atom. The van der Waals surface area contributed by atoms with Crippen LogP contribution < -0.4 is 0 Å². The lowest BCUT2D eigenvalue weighted by Gasteiger charge is -2.33. The van der Waals surface area contributed by atoms with Gasteiger partial charge in [-0.2, -0.15) is 4.89 Å². The van der Waals surface area contributed by atoms with Crippen molar-refractivity contribution in [2.75, 3.05) is 0 Å². The lowest BCUT2D eigenvalue weighted by atomic mass is 9.77. The summed E-state index contributed by atoms with van der Waals surface area (Å²) in [5.41, 5.74) is 1.43. The average molecular weight is 209 g/mol. The molecule has 0 heterocycles. The first-order valence-corrected chi connectivity index (χ1v) is 5.61. The first-order valence-electron chi connectivity index (χ1n) is 5.61. The van der Waals surface area contributed by atoms with Gasteiger partial charge in [-0.25, -0.2) is 0 Å². The normalized spacial score (nSPS) is 25.9. The largest absolute Gasteiger partial charge is 0.324 e. The van der Waals surface area contributed by atoms with E-state index in [0.717, 1.165) is 19.3 Å². The molecule has 3 heteroatoms. The van der Waals surface area contributed by atoms with Crippen molar-refractivity contribution in [1.29, 1.82) is 5.26 Å². The maximum atomic E-state index is 8.33. The van der Waals surface area contributed by atoms with Gasteiger partial charge in [-0.1, -0.05) is 32.4 Å². The van der Waals surface area contributed by atoms with Crippen LogP contribution in [0.1, 0.15) is 40.0 Å². The molecule has 2 atom stereocenters. The van der Waals surface area contributed by atoms with E-state index in [9.17, 15) is 0 Å². The smallest absolute Gasteiger partial charge is 0.254 e. The summed E-state index contributed by atoms with van der Waals surface area (Å²) >= 11 is 0. The summed E-state index contributed by atoms with van der Waals surface area (Å²) < 4.78 is 0. The third kappa shape index (κ3) is 2.97. The maximum absolute atomic E-state index is 8.33. The van der Waals surface area contributed by atoms with Crippen molar-refractivity contribution in [3.8, 4) is 6.26 Å². The van der Waals surface area contributed by atoms with E-state index in [-0.39, 0.29) is 6.10 Å². The number of allylic oxidation sites excluding steroid dienone is 1. The van der Waals surface area contributed by atoms with E-state index in [2.05, 4.69) is 31.7 Å². The Kier molecular flexibility index (Phi) is 4.64. The van der Waals surface area contributed by atoms with Crippen molar-refractivity contribution in [1.82, 2.24) is 0 Å². The van der Waals surface area contributed by atoms with Crippen molar-refractivity contribution in [2.45, 2.75) is 46.1 Å². The Morgan fingerprint density at radius 2 is 2.33 bits per heavy atom. The zero-order chi connectivity index (χ0) is 11.3. The highest BCUT2D eigenvalue weighted by Crippen LogP contribution is 2.34. The topological polar surface area (TPSA) is 42.2 Å². The second-order valence-corrected chi connectivity index (χ2v) is 4.29. The molecular weight excluding hydrogens is 190 g/mol. The summed E-state index contributed by atoms with van der Waals surface area (Å²) in [6, 6.07) is 0. The molecule has 0 N–H and O–H groups in total. The van der Waals surface area contributed by atoms with Gasteiger partial charge in [-0.05, 0) is 25.2 Å². The Balaban J connectivity index is 2.71. The highest BCUT2D eigenvalue weighted by Gasteiger charge is 2.31. The molecule has 0 saturated carbocycles. The van der Waals surface area contributed by atoms with Crippen LogP contribution >= 0.6 is 0 Å². The van der Waals surface area contributed by atoms with Crippen molar-refractivity contribution in [3.63, 3.8) is 0 Å². The highest BCUT2D eigenvalue weighted by molar-refractivity contribution is 5.13. The van der Waals surface area contributed by atoms with Gasteiger partial charge in [0.25, 0.3) is 0 Å². The van der Waals surface area contributed by atoms with Gasteiger partial charge in [0.15, 0.2) is 0 Å². The Bertz CT molecular complexity index is 265. The first-order chi connectivity index (χ1) is 7.20. The molecule has 0 spiro atoms. The van der Waals surface area contributed by atoms with Gasteiger partial charge in [-0.15, -0.1) is 5.26 Å². The van der Waals surface area contributed by atoms with Crippen molar-refractivity contribution < 1.29 is 9.78 Å². The molecule has 3 nitrogen and oxygen atoms in total. The molecule has 15 heavy (non-hydrogen) atoms. The fourth-order valence-electron chi connectivity index (χ4n) is 2.42. The van der Waals surface area contributed by atoms with Gasteiger partial charge in [0.05, 0.1) is 0 Å². The first kappa shape index (κ1) is 12.1. The van der Waals surface area contributed by atoms with Crippen LogP contribution in [-0.4, -0.2) is 6.10 Å².